The van der Waals surface area contributed by atoms with Crippen LogP contribution in [0.1, 0.15) is 52.2 Å². The fourth-order valence-corrected chi connectivity index (χ4v) is 5.18. The van der Waals surface area contributed by atoms with Gasteiger partial charge in [-0.25, -0.2) is 4.79 Å². The summed E-state index contributed by atoms with van der Waals surface area (Å²) in [5.41, 5.74) is -0.0759. The van der Waals surface area contributed by atoms with Crippen LogP contribution >= 0.6 is 0 Å². The van der Waals surface area contributed by atoms with Crippen molar-refractivity contribution in [2.24, 2.45) is 0 Å². The first-order valence-corrected chi connectivity index (χ1v) is 13.4. The van der Waals surface area contributed by atoms with Crippen molar-refractivity contribution in [2.75, 3.05) is 19.1 Å². The van der Waals surface area contributed by atoms with Crippen LogP contribution in [0.15, 0.2) is 60.9 Å². The molecule has 11 heteroatoms. The van der Waals surface area contributed by atoms with Crippen molar-refractivity contribution in [3.05, 3.63) is 83.2 Å². The Morgan fingerprint density at radius 3 is 2.50 bits per heavy atom. The lowest BCUT2D eigenvalue weighted by Gasteiger charge is -2.28. The van der Waals surface area contributed by atoms with E-state index in [2.05, 4.69) is 21.3 Å². The highest BCUT2D eigenvalue weighted by atomic mass is 32.2. The third-order valence-electron chi connectivity index (χ3n) is 6.74. The van der Waals surface area contributed by atoms with E-state index in [-0.39, 0.29) is 5.97 Å². The van der Waals surface area contributed by atoms with E-state index in [4.69, 9.17) is 4.74 Å². The molecule has 1 heterocycles. The number of nitrogens with zero attached hydrogens (tertiary/aromatic N) is 2. The van der Waals surface area contributed by atoms with Gasteiger partial charge in [-0.05, 0) is 97.2 Å². The first-order chi connectivity index (χ1) is 18.0. The number of carbonyl (C=O) groups is 1. The van der Waals surface area contributed by atoms with E-state index in [9.17, 15) is 26.4 Å². The molecular weight excluding hydrogens is 521 g/mol. The van der Waals surface area contributed by atoms with Crippen LogP contribution in [0.4, 0.5) is 24.5 Å². The van der Waals surface area contributed by atoms with Crippen molar-refractivity contribution in [3.63, 3.8) is 0 Å². The molecule has 1 aliphatic rings. The average molecular weight is 549 g/mol. The molecule has 202 valence electrons. The van der Waals surface area contributed by atoms with E-state index in [0.717, 1.165) is 36.9 Å². The standard InChI is InChI=1S/C27H27F3N2O5S/c1-32(21-8-11-23(12-9-21)37-38(34,35)27(28,29)30)22-10-13-24-18(4-3-5-19(24)16-22)6-7-20-17-31-15-14-25(20)26(33)36-2/h8-18H,3-7H2,1-2H3/t18-/m0/s1. The zero-order chi connectivity index (χ0) is 27.5. The topological polar surface area (TPSA) is 85.8 Å². The highest BCUT2D eigenvalue weighted by Gasteiger charge is 2.48. The van der Waals surface area contributed by atoms with E-state index < -0.39 is 21.4 Å². The molecule has 0 unspecified atom stereocenters. The van der Waals surface area contributed by atoms with Crippen LogP contribution < -0.4 is 9.08 Å². The summed E-state index contributed by atoms with van der Waals surface area (Å²) in [6.45, 7) is 0. The highest BCUT2D eigenvalue weighted by molar-refractivity contribution is 7.88. The lowest BCUT2D eigenvalue weighted by molar-refractivity contribution is -0.0500. The Bertz CT molecular complexity index is 1410. The number of methoxy groups -OCH3 is 1. The van der Waals surface area contributed by atoms with Crippen molar-refractivity contribution in [1.29, 1.82) is 0 Å². The molecular formula is C27H27F3N2O5S. The average Bonchev–Trinajstić information content (AvgIpc) is 2.90. The first-order valence-electron chi connectivity index (χ1n) is 12.0. The Kier molecular flexibility index (Phi) is 7.96. The number of esters is 1. The molecule has 1 aliphatic carbocycles. The molecule has 2 aromatic carbocycles. The van der Waals surface area contributed by atoms with Gasteiger partial charge in [0.2, 0.25) is 0 Å². The number of pyridine rings is 1. The molecule has 38 heavy (non-hydrogen) atoms. The zero-order valence-electron chi connectivity index (χ0n) is 20.9. The lowest BCUT2D eigenvalue weighted by Crippen LogP contribution is -2.28. The predicted octanol–water partition coefficient (Wildman–Crippen LogP) is 5.92. The fourth-order valence-electron chi connectivity index (χ4n) is 4.72. The minimum absolute atomic E-state index is 0.329. The number of rotatable bonds is 8. The van der Waals surface area contributed by atoms with Gasteiger partial charge in [0.05, 0.1) is 12.7 Å². The molecule has 1 aromatic heterocycles. The van der Waals surface area contributed by atoms with Gasteiger partial charge in [0.15, 0.2) is 0 Å². The van der Waals surface area contributed by atoms with E-state index in [1.165, 1.54) is 42.5 Å². The van der Waals surface area contributed by atoms with Crippen molar-refractivity contribution in [2.45, 2.75) is 43.5 Å². The number of hydrogen-bond acceptors (Lipinski definition) is 7. The third kappa shape index (κ3) is 5.93. The summed E-state index contributed by atoms with van der Waals surface area (Å²) in [6, 6.07) is 13.2. The maximum absolute atomic E-state index is 12.6. The summed E-state index contributed by atoms with van der Waals surface area (Å²) in [5.74, 6) is -0.465. The second-order valence-electron chi connectivity index (χ2n) is 9.07. The number of fused-ring (bicyclic) bond motifs is 1. The number of aromatic nitrogens is 1. The maximum atomic E-state index is 12.6. The van der Waals surface area contributed by atoms with E-state index >= 15 is 0 Å². The van der Waals surface area contributed by atoms with Crippen LogP contribution in [-0.4, -0.2) is 39.0 Å². The number of ether oxygens (including phenoxy) is 1. The van der Waals surface area contributed by atoms with Crippen molar-refractivity contribution >= 4 is 27.5 Å². The van der Waals surface area contributed by atoms with Gasteiger partial charge >= 0.3 is 21.6 Å². The second kappa shape index (κ2) is 11.0. The van der Waals surface area contributed by atoms with Gasteiger partial charge in [0.1, 0.15) is 5.75 Å². The van der Waals surface area contributed by atoms with Crippen molar-refractivity contribution in [1.82, 2.24) is 4.98 Å². The van der Waals surface area contributed by atoms with Crippen LogP contribution in [0.25, 0.3) is 0 Å². The summed E-state index contributed by atoms with van der Waals surface area (Å²) in [4.78, 5) is 18.1. The van der Waals surface area contributed by atoms with Crippen molar-refractivity contribution < 1.29 is 35.3 Å². The predicted molar refractivity (Wildman–Crippen MR) is 136 cm³/mol. The SMILES string of the molecule is COC(=O)c1ccncc1CC[C@@H]1CCCc2cc(N(C)c3ccc(OS(=O)(=O)C(F)(F)F)cc3)ccc21. The molecule has 1 atom stereocenters. The number of halogens is 3. The minimum atomic E-state index is -5.72. The van der Waals surface area contributed by atoms with Gasteiger partial charge in [0, 0.05) is 30.8 Å². The smallest absolute Gasteiger partial charge is 0.465 e. The van der Waals surface area contributed by atoms with E-state index in [1.54, 1.807) is 18.5 Å². The summed E-state index contributed by atoms with van der Waals surface area (Å²) in [5, 5.41) is 0. The summed E-state index contributed by atoms with van der Waals surface area (Å²) < 4.78 is 69.2. The minimum Gasteiger partial charge on any atom is -0.465 e. The zero-order valence-corrected chi connectivity index (χ0v) is 21.7. The molecule has 0 radical (unpaired) electrons. The number of alkyl halides is 3. The van der Waals surface area contributed by atoms with E-state index in [0.29, 0.717) is 23.6 Å². The molecule has 3 aromatic rings. The number of benzene rings is 2. The van der Waals surface area contributed by atoms with Crippen LogP contribution in [-0.2, 0) is 27.7 Å². The largest absolute Gasteiger partial charge is 0.534 e. The Labute approximate surface area is 219 Å². The molecule has 0 bridgehead atoms. The molecule has 7 nitrogen and oxygen atoms in total. The number of anilines is 2. The van der Waals surface area contributed by atoms with Gasteiger partial charge in [-0.1, -0.05) is 6.07 Å². The molecule has 4 rings (SSSR count). The maximum Gasteiger partial charge on any atom is 0.534 e. The summed E-state index contributed by atoms with van der Waals surface area (Å²) >= 11 is 0. The van der Waals surface area contributed by atoms with Gasteiger partial charge in [-0.2, -0.15) is 21.6 Å². The van der Waals surface area contributed by atoms with Crippen molar-refractivity contribution in [3.8, 4) is 5.75 Å². The summed E-state index contributed by atoms with van der Waals surface area (Å²) in [7, 11) is -2.54. The molecule has 0 amide bonds. The lowest BCUT2D eigenvalue weighted by atomic mass is 9.79. The van der Waals surface area contributed by atoms with Gasteiger partial charge < -0.3 is 13.8 Å². The van der Waals surface area contributed by atoms with E-state index in [1.807, 2.05) is 18.0 Å². The molecule has 0 saturated heterocycles. The Hall–Kier alpha value is -3.60. The fraction of sp³-hybridized carbons (Fsp3) is 0.333. The van der Waals surface area contributed by atoms with Crippen LogP contribution in [0.5, 0.6) is 5.75 Å². The van der Waals surface area contributed by atoms with Crippen LogP contribution in [0.2, 0.25) is 0 Å². The van der Waals surface area contributed by atoms with Gasteiger partial charge in [-0.15, -0.1) is 0 Å². The normalized spacial score (nSPS) is 15.4. The Morgan fingerprint density at radius 2 is 1.82 bits per heavy atom. The molecule has 0 fully saturated rings. The van der Waals surface area contributed by atoms with Crippen LogP contribution in [0, 0.1) is 0 Å². The van der Waals surface area contributed by atoms with Gasteiger partial charge in [0.25, 0.3) is 0 Å². The highest BCUT2D eigenvalue weighted by Crippen LogP contribution is 2.38. The Balaban J connectivity index is 1.47. The summed E-state index contributed by atoms with van der Waals surface area (Å²) in [6.07, 6.45) is 7.84. The third-order valence-corrected chi connectivity index (χ3v) is 7.72. The molecule has 0 spiro atoms. The molecule has 0 N–H and O–H groups in total. The molecule has 0 saturated carbocycles. The quantitative estimate of drug-likeness (QED) is 0.196. The van der Waals surface area contributed by atoms with Crippen LogP contribution in [0.3, 0.4) is 0 Å². The Morgan fingerprint density at radius 1 is 1.11 bits per heavy atom. The number of aryl methyl sites for hydroxylation is 2. The second-order valence-corrected chi connectivity index (χ2v) is 10.6. The van der Waals surface area contributed by atoms with Gasteiger partial charge in [-0.3, -0.25) is 4.98 Å². The molecule has 0 aliphatic heterocycles. The number of carbonyl (C=O) groups excluding carboxylic acids is 1. The monoisotopic (exact) mass is 548 g/mol. The first kappa shape index (κ1) is 27.4. The number of hydrogen-bond donors (Lipinski definition) is 0.